The van der Waals surface area contributed by atoms with E-state index in [9.17, 15) is 9.90 Å². The molecule has 0 unspecified atom stereocenters. The molecule has 2 N–H and O–H groups in total. The summed E-state index contributed by atoms with van der Waals surface area (Å²) in [5.74, 6) is -0.485. The number of aromatic hydroxyl groups is 1. The molecule has 0 saturated heterocycles. The molecule has 3 aromatic carbocycles. The topological polar surface area (TPSA) is 61.7 Å². The van der Waals surface area contributed by atoms with Gasteiger partial charge in [0, 0.05) is 5.39 Å². The number of amides is 1. The predicted octanol–water partition coefficient (Wildman–Crippen LogP) is 3.31. The van der Waals surface area contributed by atoms with E-state index in [1.54, 1.807) is 24.4 Å². The number of rotatable bonds is 3. The number of hydrogen-bond acceptors (Lipinski definition) is 3. The van der Waals surface area contributed by atoms with E-state index in [4.69, 9.17) is 0 Å². The largest absolute Gasteiger partial charge is 0.506 e. The van der Waals surface area contributed by atoms with Crippen molar-refractivity contribution in [2.24, 2.45) is 5.10 Å². The van der Waals surface area contributed by atoms with Crippen LogP contribution in [0.4, 0.5) is 0 Å². The Morgan fingerprint density at radius 2 is 1.68 bits per heavy atom. The molecule has 22 heavy (non-hydrogen) atoms. The lowest BCUT2D eigenvalue weighted by Crippen LogP contribution is -2.17. The molecule has 3 rings (SSSR count). The Bertz CT molecular complexity index is 842. The van der Waals surface area contributed by atoms with Gasteiger partial charge in [-0.05, 0) is 17.0 Å². The number of hydrogen-bond donors (Lipinski definition) is 2. The summed E-state index contributed by atoms with van der Waals surface area (Å²) in [5.41, 5.74) is 3.50. The molecule has 0 heterocycles. The second-order valence-electron chi connectivity index (χ2n) is 4.79. The van der Waals surface area contributed by atoms with E-state index in [1.165, 1.54) is 0 Å². The first kappa shape index (κ1) is 13.8. The highest BCUT2D eigenvalue weighted by Gasteiger charge is 2.12. The van der Waals surface area contributed by atoms with E-state index >= 15 is 0 Å². The summed E-state index contributed by atoms with van der Waals surface area (Å²) in [6, 6.07) is 20.2. The average Bonchev–Trinajstić information content (AvgIpc) is 2.56. The molecular formula is C18H14N2O2. The summed E-state index contributed by atoms with van der Waals surface area (Å²) in [7, 11) is 0. The van der Waals surface area contributed by atoms with Crippen LogP contribution in [0.3, 0.4) is 0 Å². The van der Waals surface area contributed by atoms with Gasteiger partial charge in [-0.15, -0.1) is 0 Å². The number of nitrogens with one attached hydrogen (secondary N) is 1. The maximum Gasteiger partial charge on any atom is 0.275 e. The summed E-state index contributed by atoms with van der Waals surface area (Å²) >= 11 is 0. The van der Waals surface area contributed by atoms with E-state index in [0.717, 1.165) is 10.9 Å². The van der Waals surface area contributed by atoms with Crippen molar-refractivity contribution in [3.63, 3.8) is 0 Å². The highest BCUT2D eigenvalue weighted by Crippen LogP contribution is 2.28. The Morgan fingerprint density at radius 1 is 0.955 bits per heavy atom. The van der Waals surface area contributed by atoms with E-state index in [2.05, 4.69) is 10.5 Å². The summed E-state index contributed by atoms with van der Waals surface area (Å²) in [6.07, 6.45) is 1.55. The molecule has 0 aromatic heterocycles. The molecule has 0 saturated carbocycles. The minimum atomic E-state index is -0.449. The van der Waals surface area contributed by atoms with Crippen LogP contribution in [0.5, 0.6) is 5.75 Å². The summed E-state index contributed by atoms with van der Waals surface area (Å²) in [6.45, 7) is 0. The van der Waals surface area contributed by atoms with Gasteiger partial charge in [0.05, 0.1) is 11.8 Å². The Kier molecular flexibility index (Phi) is 3.83. The van der Waals surface area contributed by atoms with Gasteiger partial charge in [-0.2, -0.15) is 5.10 Å². The maximum absolute atomic E-state index is 12.1. The Labute approximate surface area is 127 Å². The molecule has 4 nitrogen and oxygen atoms in total. The molecule has 0 radical (unpaired) electrons. The number of nitrogens with zero attached hydrogens (tertiary/aromatic N) is 1. The first-order chi connectivity index (χ1) is 10.8. The molecule has 0 fully saturated rings. The number of carbonyl (C=O) groups is 1. The molecule has 0 aliphatic rings. The molecule has 0 aliphatic heterocycles. The average molecular weight is 290 g/mol. The minimum absolute atomic E-state index is 0.0366. The van der Waals surface area contributed by atoms with Gasteiger partial charge in [0.25, 0.3) is 5.91 Å². The van der Waals surface area contributed by atoms with Gasteiger partial charge in [-0.1, -0.05) is 60.7 Å². The fourth-order valence-electron chi connectivity index (χ4n) is 2.20. The van der Waals surface area contributed by atoms with Crippen molar-refractivity contribution in [1.29, 1.82) is 0 Å². The SMILES string of the molecule is O=C(N/N=C/c1ccccc1)c1ccc2ccccc2c1O. The quantitative estimate of drug-likeness (QED) is 0.574. The van der Waals surface area contributed by atoms with E-state index in [0.29, 0.717) is 5.39 Å². The van der Waals surface area contributed by atoms with E-state index in [1.807, 2.05) is 48.5 Å². The van der Waals surface area contributed by atoms with Gasteiger partial charge in [0.2, 0.25) is 0 Å². The summed E-state index contributed by atoms with van der Waals surface area (Å²) in [5, 5.41) is 15.6. The zero-order valence-electron chi connectivity index (χ0n) is 11.7. The van der Waals surface area contributed by atoms with Gasteiger partial charge in [0.1, 0.15) is 5.75 Å². The van der Waals surface area contributed by atoms with Crippen molar-refractivity contribution >= 4 is 22.9 Å². The fraction of sp³-hybridized carbons (Fsp3) is 0. The monoisotopic (exact) mass is 290 g/mol. The van der Waals surface area contributed by atoms with Gasteiger partial charge < -0.3 is 5.11 Å². The number of fused-ring (bicyclic) bond motifs is 1. The highest BCUT2D eigenvalue weighted by molar-refractivity contribution is 6.03. The second-order valence-corrected chi connectivity index (χ2v) is 4.79. The smallest absolute Gasteiger partial charge is 0.275 e. The minimum Gasteiger partial charge on any atom is -0.506 e. The van der Waals surface area contributed by atoms with Crippen LogP contribution < -0.4 is 5.43 Å². The third kappa shape index (κ3) is 2.81. The molecule has 3 aromatic rings. The first-order valence-corrected chi connectivity index (χ1v) is 6.85. The molecule has 108 valence electrons. The molecule has 4 heteroatoms. The predicted molar refractivity (Wildman–Crippen MR) is 87.1 cm³/mol. The molecule has 0 bridgehead atoms. The maximum atomic E-state index is 12.1. The van der Waals surface area contributed by atoms with Crippen LogP contribution in [0, 0.1) is 0 Å². The number of benzene rings is 3. The molecule has 0 aliphatic carbocycles. The van der Waals surface area contributed by atoms with Crippen LogP contribution in [-0.4, -0.2) is 17.2 Å². The van der Waals surface area contributed by atoms with Crippen LogP contribution in [0.1, 0.15) is 15.9 Å². The lowest BCUT2D eigenvalue weighted by Gasteiger charge is -2.06. The number of hydrazone groups is 1. The van der Waals surface area contributed by atoms with Crippen molar-refractivity contribution in [3.05, 3.63) is 77.9 Å². The highest BCUT2D eigenvalue weighted by atomic mass is 16.3. The zero-order valence-corrected chi connectivity index (χ0v) is 11.7. The van der Waals surface area contributed by atoms with Crippen molar-refractivity contribution in [3.8, 4) is 5.75 Å². The van der Waals surface area contributed by atoms with Crippen LogP contribution in [-0.2, 0) is 0 Å². The Morgan fingerprint density at radius 3 is 2.50 bits per heavy atom. The van der Waals surface area contributed by atoms with Gasteiger partial charge >= 0.3 is 0 Å². The van der Waals surface area contributed by atoms with Crippen LogP contribution in [0.25, 0.3) is 10.8 Å². The lowest BCUT2D eigenvalue weighted by atomic mass is 10.1. The van der Waals surface area contributed by atoms with Crippen molar-refractivity contribution in [2.75, 3.05) is 0 Å². The standard InChI is InChI=1S/C18H14N2O2/c21-17-15-9-5-4-8-14(15)10-11-16(17)18(22)20-19-12-13-6-2-1-3-7-13/h1-12,21H,(H,20,22)/b19-12+. The summed E-state index contributed by atoms with van der Waals surface area (Å²) in [4.78, 5) is 12.1. The molecular weight excluding hydrogens is 276 g/mol. The van der Waals surface area contributed by atoms with E-state index < -0.39 is 5.91 Å². The Balaban J connectivity index is 1.81. The fourth-order valence-corrected chi connectivity index (χ4v) is 2.20. The first-order valence-electron chi connectivity index (χ1n) is 6.85. The number of carbonyl (C=O) groups excluding carboxylic acids is 1. The Hall–Kier alpha value is -3.14. The van der Waals surface area contributed by atoms with Crippen LogP contribution in [0.15, 0.2) is 71.8 Å². The van der Waals surface area contributed by atoms with Crippen molar-refractivity contribution in [1.82, 2.24) is 5.43 Å². The number of phenolic OH excluding ortho intramolecular Hbond substituents is 1. The molecule has 1 amide bonds. The molecule has 0 atom stereocenters. The van der Waals surface area contributed by atoms with E-state index in [-0.39, 0.29) is 11.3 Å². The third-order valence-corrected chi connectivity index (χ3v) is 3.32. The second kappa shape index (κ2) is 6.10. The van der Waals surface area contributed by atoms with Gasteiger partial charge in [0.15, 0.2) is 0 Å². The normalized spacial score (nSPS) is 10.9. The van der Waals surface area contributed by atoms with Gasteiger partial charge in [-0.25, -0.2) is 5.43 Å². The molecule has 0 spiro atoms. The summed E-state index contributed by atoms with van der Waals surface area (Å²) < 4.78 is 0. The lowest BCUT2D eigenvalue weighted by molar-refractivity contribution is 0.0952. The third-order valence-electron chi connectivity index (χ3n) is 3.32. The van der Waals surface area contributed by atoms with Crippen molar-refractivity contribution < 1.29 is 9.90 Å². The number of phenols is 1. The van der Waals surface area contributed by atoms with Gasteiger partial charge in [-0.3, -0.25) is 4.79 Å². The van der Waals surface area contributed by atoms with Crippen molar-refractivity contribution in [2.45, 2.75) is 0 Å². The zero-order chi connectivity index (χ0) is 15.4. The van der Waals surface area contributed by atoms with Crippen LogP contribution >= 0.6 is 0 Å². The van der Waals surface area contributed by atoms with Crippen LogP contribution in [0.2, 0.25) is 0 Å².